The number of H-pyrrole nitrogens is 1. The van der Waals surface area contributed by atoms with Crippen LogP contribution in [0.15, 0.2) is 4.90 Å². The van der Waals surface area contributed by atoms with Gasteiger partial charge in [-0.1, -0.05) is 0 Å². The van der Waals surface area contributed by atoms with E-state index in [4.69, 9.17) is 4.74 Å². The van der Waals surface area contributed by atoms with Crippen LogP contribution in [-0.4, -0.2) is 55.8 Å². The second-order valence-corrected chi connectivity index (χ2v) is 6.54. The number of rotatable bonds is 5. The first-order chi connectivity index (χ1) is 9.31. The molecule has 0 aromatic carbocycles. The number of aromatic amines is 1. The molecule has 0 saturated carbocycles. The summed E-state index contributed by atoms with van der Waals surface area (Å²) in [5, 5.41) is 6.51. The van der Waals surface area contributed by atoms with Crippen molar-refractivity contribution in [1.82, 2.24) is 19.8 Å². The average Bonchev–Trinajstić information content (AvgIpc) is 2.83. The molecule has 1 fully saturated rings. The highest BCUT2D eigenvalue weighted by Gasteiger charge is 2.28. The van der Waals surface area contributed by atoms with Crippen LogP contribution in [0.25, 0.3) is 0 Å². The van der Waals surface area contributed by atoms with Gasteiger partial charge in [0.1, 0.15) is 11.0 Å². The van der Waals surface area contributed by atoms with Gasteiger partial charge in [0, 0.05) is 13.6 Å². The quantitative estimate of drug-likeness (QED) is 0.805. The number of aryl methyl sites for hydroxylation is 2. The number of hydrogen-bond donors (Lipinski definition) is 2. The van der Waals surface area contributed by atoms with Crippen LogP contribution in [0.2, 0.25) is 0 Å². The lowest BCUT2D eigenvalue weighted by molar-refractivity contribution is 0.131. The minimum absolute atomic E-state index is 0.179. The average molecular weight is 302 g/mol. The van der Waals surface area contributed by atoms with Crippen molar-refractivity contribution in [3.63, 3.8) is 0 Å². The molecule has 0 bridgehead atoms. The Hall–Kier alpha value is -1.61. The largest absolute Gasteiger partial charge is 0.444 e. The van der Waals surface area contributed by atoms with E-state index in [-0.39, 0.29) is 23.6 Å². The number of aromatic nitrogens is 2. The number of cyclic esters (lactones) is 1. The van der Waals surface area contributed by atoms with Gasteiger partial charge in [0.15, 0.2) is 0 Å². The van der Waals surface area contributed by atoms with Crippen LogP contribution in [0.3, 0.4) is 0 Å². The topological polar surface area (TPSA) is 104 Å². The highest BCUT2D eigenvalue weighted by Crippen LogP contribution is 2.17. The summed E-state index contributed by atoms with van der Waals surface area (Å²) in [6.45, 7) is 3.97. The third-order valence-corrected chi connectivity index (χ3v) is 4.87. The van der Waals surface area contributed by atoms with Crippen molar-refractivity contribution in [3.05, 3.63) is 11.4 Å². The first-order valence-electron chi connectivity index (χ1n) is 6.24. The number of ether oxygens (including phenoxy) is 1. The second-order valence-electron chi connectivity index (χ2n) is 4.84. The van der Waals surface area contributed by atoms with Crippen LogP contribution in [0.1, 0.15) is 17.8 Å². The molecule has 9 heteroatoms. The second kappa shape index (κ2) is 5.41. The zero-order valence-corrected chi connectivity index (χ0v) is 12.5. The van der Waals surface area contributed by atoms with Crippen LogP contribution < -0.4 is 4.72 Å². The summed E-state index contributed by atoms with van der Waals surface area (Å²) in [5.74, 6) is 0. The number of hydrogen-bond acceptors (Lipinski definition) is 5. The zero-order chi connectivity index (χ0) is 14.9. The number of carbonyl (C=O) groups is 1. The van der Waals surface area contributed by atoms with E-state index < -0.39 is 10.0 Å². The number of amides is 1. The molecule has 8 nitrogen and oxygen atoms in total. The maximum absolute atomic E-state index is 12.1. The minimum Gasteiger partial charge on any atom is -0.444 e. The number of carbonyl (C=O) groups excluding carboxylic acids is 1. The minimum atomic E-state index is -3.59. The van der Waals surface area contributed by atoms with Crippen LogP contribution >= 0.6 is 0 Å². The highest BCUT2D eigenvalue weighted by atomic mass is 32.2. The van der Waals surface area contributed by atoms with E-state index >= 15 is 0 Å². The summed E-state index contributed by atoms with van der Waals surface area (Å²) in [4.78, 5) is 12.8. The Balaban J connectivity index is 1.93. The van der Waals surface area contributed by atoms with Crippen LogP contribution in [0, 0.1) is 13.8 Å². The molecule has 20 heavy (non-hydrogen) atoms. The Bertz CT molecular complexity index is 590. The number of nitrogens with one attached hydrogen (secondary N) is 2. The Morgan fingerprint density at radius 2 is 2.20 bits per heavy atom. The Morgan fingerprint density at radius 3 is 2.70 bits per heavy atom. The molecule has 0 radical (unpaired) electrons. The van der Waals surface area contributed by atoms with Crippen LogP contribution in [0.5, 0.6) is 0 Å². The predicted molar refractivity (Wildman–Crippen MR) is 70.8 cm³/mol. The molecule has 0 spiro atoms. The van der Waals surface area contributed by atoms with Crippen molar-refractivity contribution in [2.24, 2.45) is 0 Å². The number of nitrogens with zero attached hydrogens (tertiary/aromatic N) is 2. The van der Waals surface area contributed by atoms with Crippen molar-refractivity contribution in [1.29, 1.82) is 0 Å². The number of sulfonamides is 1. The molecule has 112 valence electrons. The summed E-state index contributed by atoms with van der Waals surface area (Å²) in [6.07, 6.45) is -0.216. The summed E-state index contributed by atoms with van der Waals surface area (Å²) >= 11 is 0. The first-order valence-corrected chi connectivity index (χ1v) is 7.72. The molecule has 1 saturated heterocycles. The van der Waals surface area contributed by atoms with Gasteiger partial charge < -0.3 is 9.64 Å². The third kappa shape index (κ3) is 2.93. The lowest BCUT2D eigenvalue weighted by Gasteiger charge is -2.10. The van der Waals surface area contributed by atoms with Gasteiger partial charge in [-0.15, -0.1) is 0 Å². The van der Waals surface area contributed by atoms with Gasteiger partial charge in [-0.2, -0.15) is 5.10 Å². The van der Waals surface area contributed by atoms with Gasteiger partial charge in [-0.05, 0) is 20.3 Å². The van der Waals surface area contributed by atoms with Crippen LogP contribution in [-0.2, 0) is 14.8 Å². The lowest BCUT2D eigenvalue weighted by Crippen LogP contribution is -2.29. The molecule has 2 heterocycles. The first kappa shape index (κ1) is 14.8. The van der Waals surface area contributed by atoms with E-state index in [1.54, 1.807) is 20.9 Å². The fourth-order valence-electron chi connectivity index (χ4n) is 2.16. The Kier molecular flexibility index (Phi) is 4.00. The van der Waals surface area contributed by atoms with E-state index in [9.17, 15) is 13.2 Å². The normalized spacial score (nSPS) is 19.4. The van der Waals surface area contributed by atoms with E-state index in [1.807, 2.05) is 0 Å². The molecule has 1 aromatic rings. The van der Waals surface area contributed by atoms with Gasteiger partial charge in [0.05, 0.1) is 17.9 Å². The monoisotopic (exact) mass is 302 g/mol. The van der Waals surface area contributed by atoms with Gasteiger partial charge in [-0.25, -0.2) is 17.9 Å². The summed E-state index contributed by atoms with van der Waals surface area (Å²) in [7, 11) is -1.95. The SMILES string of the molecule is Cc1n[nH]c(C)c1S(=O)(=O)NCCC1CN(C)C(=O)O1. The maximum Gasteiger partial charge on any atom is 0.409 e. The summed E-state index contributed by atoms with van der Waals surface area (Å²) in [5.41, 5.74) is 0.934. The van der Waals surface area contributed by atoms with Gasteiger partial charge >= 0.3 is 6.09 Å². The van der Waals surface area contributed by atoms with Crippen molar-refractivity contribution < 1.29 is 17.9 Å². The summed E-state index contributed by atoms with van der Waals surface area (Å²) in [6, 6.07) is 0. The maximum atomic E-state index is 12.1. The Labute approximate surface area is 117 Å². The van der Waals surface area contributed by atoms with Crippen molar-refractivity contribution >= 4 is 16.1 Å². The van der Waals surface area contributed by atoms with E-state index in [0.29, 0.717) is 24.4 Å². The Morgan fingerprint density at radius 1 is 1.50 bits per heavy atom. The van der Waals surface area contributed by atoms with Crippen molar-refractivity contribution in [2.75, 3.05) is 20.1 Å². The molecule has 1 aliphatic rings. The molecule has 1 unspecified atom stereocenters. The van der Waals surface area contributed by atoms with Crippen LogP contribution in [0.4, 0.5) is 4.79 Å². The molecular weight excluding hydrogens is 284 g/mol. The molecule has 1 aliphatic heterocycles. The standard InChI is InChI=1S/C11H18N4O4S/c1-7-10(8(2)14-13-7)20(17,18)12-5-4-9-6-15(3)11(16)19-9/h9,12H,4-6H2,1-3H3,(H,13,14). The third-order valence-electron chi connectivity index (χ3n) is 3.14. The van der Waals surface area contributed by atoms with Gasteiger partial charge in [-0.3, -0.25) is 5.10 Å². The fourth-order valence-corrected chi connectivity index (χ4v) is 3.58. The fraction of sp³-hybridized carbons (Fsp3) is 0.636. The zero-order valence-electron chi connectivity index (χ0n) is 11.6. The van der Waals surface area contributed by atoms with Crippen molar-refractivity contribution in [2.45, 2.75) is 31.3 Å². The molecule has 2 N–H and O–H groups in total. The molecular formula is C11H18N4O4S. The molecule has 1 aromatic heterocycles. The molecule has 0 aliphatic carbocycles. The van der Waals surface area contributed by atoms with Crippen molar-refractivity contribution in [3.8, 4) is 0 Å². The smallest absolute Gasteiger partial charge is 0.409 e. The summed E-state index contributed by atoms with van der Waals surface area (Å²) < 4.78 is 31.9. The van der Waals surface area contributed by atoms with Gasteiger partial charge in [0.25, 0.3) is 0 Å². The van der Waals surface area contributed by atoms with E-state index in [1.165, 1.54) is 4.90 Å². The molecule has 2 rings (SSSR count). The highest BCUT2D eigenvalue weighted by molar-refractivity contribution is 7.89. The lowest BCUT2D eigenvalue weighted by atomic mass is 10.2. The molecule has 1 amide bonds. The van der Waals surface area contributed by atoms with Gasteiger partial charge in [0.2, 0.25) is 10.0 Å². The van der Waals surface area contributed by atoms with E-state index in [0.717, 1.165) is 0 Å². The van der Waals surface area contributed by atoms with E-state index in [2.05, 4.69) is 14.9 Å². The molecule has 1 atom stereocenters. The number of likely N-dealkylation sites (N-methyl/N-ethyl adjacent to an activating group) is 1. The predicted octanol–water partition coefficient (Wildman–Crippen LogP) is 0.146.